The second kappa shape index (κ2) is 4.70. The number of aliphatic hydroxyl groups is 1. The fourth-order valence-electron chi connectivity index (χ4n) is 1.44. The second-order valence-electron chi connectivity index (χ2n) is 3.10. The highest BCUT2D eigenvalue weighted by molar-refractivity contribution is 4.72. The number of hydrogen-bond acceptors (Lipinski definition) is 3. The van der Waals surface area contributed by atoms with Crippen LogP contribution in [0.2, 0.25) is 0 Å². The number of likely N-dealkylation sites (N-methyl/N-ethyl adjacent to an activating group) is 1. The minimum absolute atomic E-state index is 0.236. The van der Waals surface area contributed by atoms with Crippen LogP contribution in [0.1, 0.15) is 12.8 Å². The van der Waals surface area contributed by atoms with Gasteiger partial charge in [0.15, 0.2) is 0 Å². The molecule has 0 amide bonds. The zero-order valence-corrected chi connectivity index (χ0v) is 7.05. The van der Waals surface area contributed by atoms with E-state index in [4.69, 9.17) is 4.74 Å². The molecule has 1 heterocycles. The van der Waals surface area contributed by atoms with Crippen molar-refractivity contribution >= 4 is 0 Å². The zero-order chi connectivity index (χ0) is 8.10. The van der Waals surface area contributed by atoms with Crippen LogP contribution in [0.4, 0.5) is 0 Å². The van der Waals surface area contributed by atoms with Crippen molar-refractivity contribution in [3.8, 4) is 0 Å². The molecular formula is C8H17NO2. The molecule has 1 fully saturated rings. The molecule has 2 N–H and O–H groups in total. The molecule has 0 aliphatic carbocycles. The summed E-state index contributed by atoms with van der Waals surface area (Å²) in [6.45, 7) is 2.26. The van der Waals surface area contributed by atoms with Crippen molar-refractivity contribution < 1.29 is 9.84 Å². The third-order valence-electron chi connectivity index (χ3n) is 2.15. The van der Waals surface area contributed by atoms with E-state index in [1.54, 1.807) is 0 Å². The molecule has 11 heavy (non-hydrogen) atoms. The highest BCUT2D eigenvalue weighted by atomic mass is 16.5. The molecule has 0 aromatic heterocycles. The molecule has 3 nitrogen and oxygen atoms in total. The molecule has 1 rings (SSSR count). The first-order valence-corrected chi connectivity index (χ1v) is 4.25. The number of hydrogen-bond donors (Lipinski definition) is 2. The summed E-state index contributed by atoms with van der Waals surface area (Å²) in [4.78, 5) is 0. The maximum absolute atomic E-state index is 9.53. The van der Waals surface area contributed by atoms with Gasteiger partial charge < -0.3 is 15.2 Å². The largest absolute Gasteiger partial charge is 0.391 e. The van der Waals surface area contributed by atoms with Gasteiger partial charge in [-0.15, -0.1) is 0 Å². The molecule has 1 aliphatic rings. The van der Waals surface area contributed by atoms with Gasteiger partial charge in [0.2, 0.25) is 0 Å². The van der Waals surface area contributed by atoms with E-state index in [9.17, 15) is 5.11 Å². The molecule has 0 aromatic carbocycles. The summed E-state index contributed by atoms with van der Waals surface area (Å²) in [5.41, 5.74) is 0. The average molecular weight is 159 g/mol. The first kappa shape index (κ1) is 8.97. The molecule has 0 spiro atoms. The Labute approximate surface area is 67.7 Å². The van der Waals surface area contributed by atoms with Gasteiger partial charge in [0.05, 0.1) is 12.7 Å². The van der Waals surface area contributed by atoms with Crippen molar-refractivity contribution in [2.24, 2.45) is 5.92 Å². The lowest BCUT2D eigenvalue weighted by Crippen LogP contribution is -2.35. The van der Waals surface area contributed by atoms with Gasteiger partial charge in [-0.25, -0.2) is 0 Å². The van der Waals surface area contributed by atoms with E-state index < -0.39 is 0 Å². The Morgan fingerprint density at radius 3 is 3.09 bits per heavy atom. The van der Waals surface area contributed by atoms with Crippen molar-refractivity contribution in [3.63, 3.8) is 0 Å². The lowest BCUT2D eigenvalue weighted by atomic mass is 9.96. The molecular weight excluding hydrogens is 142 g/mol. The van der Waals surface area contributed by atoms with Gasteiger partial charge in [0.1, 0.15) is 0 Å². The van der Waals surface area contributed by atoms with Gasteiger partial charge in [-0.1, -0.05) is 0 Å². The SMILES string of the molecule is CNCC(O)C1CCCOC1. The van der Waals surface area contributed by atoms with Crippen LogP contribution in [-0.4, -0.2) is 38.0 Å². The summed E-state index contributed by atoms with van der Waals surface area (Å²) in [6.07, 6.45) is 1.95. The maximum atomic E-state index is 9.53. The second-order valence-corrected chi connectivity index (χ2v) is 3.10. The van der Waals surface area contributed by atoms with Crippen LogP contribution >= 0.6 is 0 Å². The lowest BCUT2D eigenvalue weighted by Gasteiger charge is -2.26. The monoisotopic (exact) mass is 159 g/mol. The van der Waals surface area contributed by atoms with Crippen molar-refractivity contribution in [1.82, 2.24) is 5.32 Å². The van der Waals surface area contributed by atoms with Crippen LogP contribution in [0, 0.1) is 5.92 Å². The Hall–Kier alpha value is -0.120. The minimum atomic E-state index is -0.236. The average Bonchev–Trinajstić information content (AvgIpc) is 2.07. The van der Waals surface area contributed by atoms with E-state index in [2.05, 4.69) is 5.32 Å². The fourth-order valence-corrected chi connectivity index (χ4v) is 1.44. The first-order valence-electron chi connectivity index (χ1n) is 4.25. The Balaban J connectivity index is 2.21. The molecule has 1 aliphatic heterocycles. The van der Waals surface area contributed by atoms with Crippen molar-refractivity contribution in [2.45, 2.75) is 18.9 Å². The Bertz CT molecular complexity index is 102. The van der Waals surface area contributed by atoms with Crippen molar-refractivity contribution in [1.29, 1.82) is 0 Å². The molecule has 0 saturated carbocycles. The van der Waals surface area contributed by atoms with E-state index in [0.29, 0.717) is 12.5 Å². The van der Waals surface area contributed by atoms with E-state index >= 15 is 0 Å². The lowest BCUT2D eigenvalue weighted by molar-refractivity contribution is -0.00758. The topological polar surface area (TPSA) is 41.5 Å². The van der Waals surface area contributed by atoms with E-state index in [1.807, 2.05) is 7.05 Å². The number of rotatable bonds is 3. The smallest absolute Gasteiger partial charge is 0.0714 e. The zero-order valence-electron chi connectivity index (χ0n) is 7.05. The van der Waals surface area contributed by atoms with Gasteiger partial charge in [0.25, 0.3) is 0 Å². The standard InChI is InChI=1S/C8H17NO2/c1-9-5-8(10)7-3-2-4-11-6-7/h7-10H,2-6H2,1H3. The van der Waals surface area contributed by atoms with Gasteiger partial charge in [-0.2, -0.15) is 0 Å². The summed E-state index contributed by atoms with van der Waals surface area (Å²) < 4.78 is 5.26. The molecule has 0 aromatic rings. The van der Waals surface area contributed by atoms with E-state index in [1.165, 1.54) is 0 Å². The van der Waals surface area contributed by atoms with Crippen LogP contribution in [0.25, 0.3) is 0 Å². The summed E-state index contributed by atoms with van der Waals surface area (Å²) in [7, 11) is 1.85. The number of nitrogens with one attached hydrogen (secondary N) is 1. The molecule has 0 bridgehead atoms. The summed E-state index contributed by atoms with van der Waals surface area (Å²) in [6, 6.07) is 0. The van der Waals surface area contributed by atoms with Crippen LogP contribution < -0.4 is 5.32 Å². The molecule has 2 atom stereocenters. The van der Waals surface area contributed by atoms with Crippen molar-refractivity contribution in [3.05, 3.63) is 0 Å². The summed E-state index contributed by atoms with van der Waals surface area (Å²) in [5, 5.41) is 12.5. The highest BCUT2D eigenvalue weighted by Gasteiger charge is 2.21. The fraction of sp³-hybridized carbons (Fsp3) is 1.00. The van der Waals surface area contributed by atoms with Gasteiger partial charge in [-0.05, 0) is 19.9 Å². The van der Waals surface area contributed by atoms with Gasteiger partial charge >= 0.3 is 0 Å². The molecule has 66 valence electrons. The van der Waals surface area contributed by atoms with Crippen LogP contribution in [0.3, 0.4) is 0 Å². The van der Waals surface area contributed by atoms with E-state index in [0.717, 1.165) is 26.1 Å². The van der Waals surface area contributed by atoms with Crippen LogP contribution in [0.5, 0.6) is 0 Å². The maximum Gasteiger partial charge on any atom is 0.0714 e. The predicted octanol–water partition coefficient (Wildman–Crippen LogP) is -0.00670. The Kier molecular flexibility index (Phi) is 3.83. The third kappa shape index (κ3) is 2.77. The summed E-state index contributed by atoms with van der Waals surface area (Å²) >= 11 is 0. The normalized spacial score (nSPS) is 28.4. The highest BCUT2D eigenvalue weighted by Crippen LogP contribution is 2.16. The molecule has 1 saturated heterocycles. The Morgan fingerprint density at radius 2 is 2.55 bits per heavy atom. The minimum Gasteiger partial charge on any atom is -0.391 e. The molecule has 0 radical (unpaired) electrons. The van der Waals surface area contributed by atoms with Crippen LogP contribution in [-0.2, 0) is 4.74 Å². The first-order chi connectivity index (χ1) is 5.34. The Morgan fingerprint density at radius 1 is 1.73 bits per heavy atom. The van der Waals surface area contributed by atoms with E-state index in [-0.39, 0.29) is 6.10 Å². The quantitative estimate of drug-likeness (QED) is 0.608. The predicted molar refractivity (Wildman–Crippen MR) is 43.5 cm³/mol. The summed E-state index contributed by atoms with van der Waals surface area (Å²) in [5.74, 6) is 0.344. The molecule has 3 heteroatoms. The van der Waals surface area contributed by atoms with Crippen molar-refractivity contribution in [2.75, 3.05) is 26.8 Å². The third-order valence-corrected chi connectivity index (χ3v) is 2.15. The number of aliphatic hydroxyl groups excluding tert-OH is 1. The van der Waals surface area contributed by atoms with Crippen LogP contribution in [0.15, 0.2) is 0 Å². The van der Waals surface area contributed by atoms with Gasteiger partial charge in [-0.3, -0.25) is 0 Å². The van der Waals surface area contributed by atoms with Gasteiger partial charge in [0, 0.05) is 19.1 Å². The number of ether oxygens (including phenoxy) is 1. The molecule has 2 unspecified atom stereocenters.